The largest absolute Gasteiger partial charge is 0.372 e. The SMILES string of the molecule is CCNC(=NCCCN(C)c1ccccc1F)NCCCn1cccn1. The van der Waals surface area contributed by atoms with Crippen molar-refractivity contribution in [2.45, 2.75) is 26.3 Å². The first-order valence-corrected chi connectivity index (χ1v) is 9.16. The number of rotatable bonds is 10. The van der Waals surface area contributed by atoms with Crippen molar-refractivity contribution in [2.24, 2.45) is 4.99 Å². The van der Waals surface area contributed by atoms with Crippen LogP contribution in [0.2, 0.25) is 0 Å². The number of nitrogens with one attached hydrogen (secondary N) is 2. The molecule has 0 aliphatic heterocycles. The molecule has 1 heterocycles. The van der Waals surface area contributed by atoms with Crippen molar-refractivity contribution in [3.05, 3.63) is 48.5 Å². The van der Waals surface area contributed by atoms with Crippen molar-refractivity contribution in [3.8, 4) is 0 Å². The summed E-state index contributed by atoms with van der Waals surface area (Å²) in [6, 6.07) is 8.77. The summed E-state index contributed by atoms with van der Waals surface area (Å²) in [6.45, 7) is 6.02. The highest BCUT2D eigenvalue weighted by Gasteiger charge is 2.05. The molecule has 0 fully saturated rings. The molecule has 0 amide bonds. The quantitative estimate of drug-likeness (QED) is 0.388. The Labute approximate surface area is 155 Å². The highest BCUT2D eigenvalue weighted by atomic mass is 19.1. The van der Waals surface area contributed by atoms with Crippen LogP contribution in [0.4, 0.5) is 10.1 Å². The van der Waals surface area contributed by atoms with Crippen LogP contribution in [0.3, 0.4) is 0 Å². The third kappa shape index (κ3) is 6.74. The second-order valence-corrected chi connectivity index (χ2v) is 6.04. The Morgan fingerprint density at radius 3 is 2.81 bits per heavy atom. The lowest BCUT2D eigenvalue weighted by Gasteiger charge is -2.19. The number of anilines is 1. The molecule has 2 aromatic rings. The maximum absolute atomic E-state index is 13.8. The molecule has 142 valence electrons. The van der Waals surface area contributed by atoms with Crippen molar-refractivity contribution in [1.82, 2.24) is 20.4 Å². The standard InChI is InChI=1S/C19H29FN6/c1-3-21-19(23-12-7-15-26-16-8-13-24-26)22-11-6-14-25(2)18-10-5-4-9-17(18)20/h4-5,8-10,13,16H,3,6-7,11-12,14-15H2,1-2H3,(H2,21,22,23). The Balaban J connectivity index is 1.69. The fourth-order valence-corrected chi connectivity index (χ4v) is 2.60. The molecule has 0 spiro atoms. The Morgan fingerprint density at radius 2 is 2.08 bits per heavy atom. The minimum Gasteiger partial charge on any atom is -0.372 e. The number of aliphatic imine (C=N–C) groups is 1. The van der Waals surface area contributed by atoms with Gasteiger partial charge < -0.3 is 15.5 Å². The third-order valence-corrected chi connectivity index (χ3v) is 3.95. The normalized spacial score (nSPS) is 11.4. The van der Waals surface area contributed by atoms with Crippen LogP contribution in [0.15, 0.2) is 47.7 Å². The van der Waals surface area contributed by atoms with Gasteiger partial charge in [0.2, 0.25) is 0 Å². The van der Waals surface area contributed by atoms with Gasteiger partial charge in [-0.3, -0.25) is 9.67 Å². The van der Waals surface area contributed by atoms with Crippen LogP contribution in [0.1, 0.15) is 19.8 Å². The van der Waals surface area contributed by atoms with E-state index in [4.69, 9.17) is 0 Å². The lowest BCUT2D eigenvalue weighted by molar-refractivity contribution is 0.570. The molecule has 0 atom stereocenters. The van der Waals surface area contributed by atoms with Crippen LogP contribution < -0.4 is 15.5 Å². The predicted octanol–water partition coefficient (Wildman–Crippen LogP) is 2.49. The third-order valence-electron chi connectivity index (χ3n) is 3.95. The van der Waals surface area contributed by atoms with Gasteiger partial charge in [-0.1, -0.05) is 12.1 Å². The molecule has 1 aromatic carbocycles. The van der Waals surface area contributed by atoms with Gasteiger partial charge in [0.1, 0.15) is 5.82 Å². The average molecular weight is 360 g/mol. The van der Waals surface area contributed by atoms with Crippen LogP contribution in [0, 0.1) is 5.82 Å². The number of hydrogen-bond acceptors (Lipinski definition) is 3. The van der Waals surface area contributed by atoms with E-state index in [1.54, 1.807) is 18.3 Å². The number of benzene rings is 1. The van der Waals surface area contributed by atoms with Crippen LogP contribution in [-0.4, -0.2) is 49.0 Å². The van der Waals surface area contributed by atoms with Crippen LogP contribution in [0.5, 0.6) is 0 Å². The Morgan fingerprint density at radius 1 is 1.23 bits per heavy atom. The van der Waals surface area contributed by atoms with E-state index in [0.29, 0.717) is 12.2 Å². The first kappa shape index (κ1) is 19.8. The van der Waals surface area contributed by atoms with Crippen LogP contribution in [-0.2, 0) is 6.54 Å². The monoisotopic (exact) mass is 360 g/mol. The molecule has 0 saturated heterocycles. The van der Waals surface area contributed by atoms with E-state index in [9.17, 15) is 4.39 Å². The van der Waals surface area contributed by atoms with Crippen molar-refractivity contribution >= 4 is 11.6 Å². The van der Waals surface area contributed by atoms with Gasteiger partial charge in [0.05, 0.1) is 5.69 Å². The summed E-state index contributed by atoms with van der Waals surface area (Å²) < 4.78 is 15.7. The molecular weight excluding hydrogens is 331 g/mol. The van der Waals surface area contributed by atoms with E-state index in [-0.39, 0.29) is 5.82 Å². The minimum atomic E-state index is -0.189. The van der Waals surface area contributed by atoms with Gasteiger partial charge >= 0.3 is 0 Å². The molecule has 1 aromatic heterocycles. The Bertz CT molecular complexity index is 656. The van der Waals surface area contributed by atoms with E-state index < -0.39 is 0 Å². The molecule has 0 aliphatic carbocycles. The summed E-state index contributed by atoms with van der Waals surface area (Å²) >= 11 is 0. The molecule has 2 rings (SSSR count). The van der Waals surface area contributed by atoms with Crippen LogP contribution in [0.25, 0.3) is 0 Å². The van der Waals surface area contributed by atoms with E-state index in [0.717, 1.165) is 45.0 Å². The summed E-state index contributed by atoms with van der Waals surface area (Å²) in [5, 5.41) is 10.8. The maximum Gasteiger partial charge on any atom is 0.191 e. The zero-order valence-corrected chi connectivity index (χ0v) is 15.7. The van der Waals surface area contributed by atoms with Gasteiger partial charge in [-0.2, -0.15) is 5.10 Å². The zero-order valence-electron chi connectivity index (χ0n) is 15.7. The van der Waals surface area contributed by atoms with Gasteiger partial charge in [-0.15, -0.1) is 0 Å². The highest BCUT2D eigenvalue weighted by molar-refractivity contribution is 5.79. The lowest BCUT2D eigenvalue weighted by Crippen LogP contribution is -2.38. The number of aryl methyl sites for hydroxylation is 1. The smallest absolute Gasteiger partial charge is 0.191 e. The molecule has 26 heavy (non-hydrogen) atoms. The maximum atomic E-state index is 13.8. The van der Waals surface area contributed by atoms with Gasteiger partial charge in [-0.25, -0.2) is 4.39 Å². The van der Waals surface area contributed by atoms with Gasteiger partial charge in [0.15, 0.2) is 5.96 Å². The second kappa shape index (κ2) is 11.1. The molecule has 0 bridgehead atoms. The number of para-hydroxylation sites is 1. The van der Waals surface area contributed by atoms with Crippen LogP contribution >= 0.6 is 0 Å². The van der Waals surface area contributed by atoms with Gasteiger partial charge in [0.25, 0.3) is 0 Å². The first-order valence-electron chi connectivity index (χ1n) is 9.16. The molecule has 0 radical (unpaired) electrons. The summed E-state index contributed by atoms with van der Waals surface area (Å²) in [5.41, 5.74) is 0.625. The van der Waals surface area contributed by atoms with Crippen molar-refractivity contribution in [1.29, 1.82) is 0 Å². The molecule has 6 nitrogen and oxygen atoms in total. The summed E-state index contributed by atoms with van der Waals surface area (Å²) in [4.78, 5) is 6.51. The van der Waals surface area contributed by atoms with Crippen molar-refractivity contribution in [3.63, 3.8) is 0 Å². The number of nitrogens with zero attached hydrogens (tertiary/aromatic N) is 4. The predicted molar refractivity (Wildman–Crippen MR) is 105 cm³/mol. The van der Waals surface area contributed by atoms with Gasteiger partial charge in [-0.05, 0) is 38.0 Å². The fourth-order valence-electron chi connectivity index (χ4n) is 2.60. The van der Waals surface area contributed by atoms with E-state index in [2.05, 4.69) is 20.7 Å². The number of guanidine groups is 1. The van der Waals surface area contributed by atoms with E-state index in [1.807, 2.05) is 41.9 Å². The topological polar surface area (TPSA) is 57.5 Å². The summed E-state index contributed by atoms with van der Waals surface area (Å²) in [7, 11) is 1.90. The van der Waals surface area contributed by atoms with Gasteiger partial charge in [0, 0.05) is 52.2 Å². The zero-order chi connectivity index (χ0) is 18.6. The molecule has 0 unspecified atom stereocenters. The number of aromatic nitrogens is 2. The average Bonchev–Trinajstić information content (AvgIpc) is 3.16. The fraction of sp³-hybridized carbons (Fsp3) is 0.474. The molecule has 0 aliphatic rings. The molecule has 0 saturated carbocycles. The Kier molecular flexibility index (Phi) is 8.45. The van der Waals surface area contributed by atoms with Crippen molar-refractivity contribution < 1.29 is 4.39 Å². The van der Waals surface area contributed by atoms with E-state index in [1.165, 1.54) is 6.07 Å². The summed E-state index contributed by atoms with van der Waals surface area (Å²) in [5.74, 6) is 0.632. The molecule has 2 N–H and O–H groups in total. The molecule has 7 heteroatoms. The Hall–Kier alpha value is -2.57. The minimum absolute atomic E-state index is 0.189. The summed E-state index contributed by atoms with van der Waals surface area (Å²) in [6.07, 6.45) is 5.58. The lowest BCUT2D eigenvalue weighted by atomic mass is 10.2. The first-order chi connectivity index (χ1) is 12.7. The van der Waals surface area contributed by atoms with Crippen molar-refractivity contribution in [2.75, 3.05) is 38.1 Å². The second-order valence-electron chi connectivity index (χ2n) is 6.04. The number of hydrogen-bond donors (Lipinski definition) is 2. The highest BCUT2D eigenvalue weighted by Crippen LogP contribution is 2.16. The molecular formula is C19H29FN6. The number of halogens is 1. The van der Waals surface area contributed by atoms with E-state index >= 15 is 0 Å².